The van der Waals surface area contributed by atoms with Gasteiger partial charge in [-0.15, -0.1) is 11.3 Å². The Kier molecular flexibility index (Phi) is 4.43. The zero-order chi connectivity index (χ0) is 14.0. The Morgan fingerprint density at radius 3 is 2.53 bits per heavy atom. The number of nitrogens with one attached hydrogen (secondary N) is 1. The number of hydrogen-bond acceptors (Lipinski definition) is 2. The lowest BCUT2D eigenvalue weighted by atomic mass is 10.1. The van der Waals surface area contributed by atoms with Gasteiger partial charge in [-0.2, -0.15) is 13.2 Å². The first kappa shape index (κ1) is 14.7. The van der Waals surface area contributed by atoms with Crippen LogP contribution in [0.3, 0.4) is 0 Å². The number of thiophene rings is 1. The number of hydrogen-bond donors (Lipinski definition) is 1. The lowest BCUT2D eigenvalue weighted by Crippen LogP contribution is -2.10. The highest BCUT2D eigenvalue weighted by molar-refractivity contribution is 9.11. The maximum Gasteiger partial charge on any atom is 0.418 e. The van der Waals surface area contributed by atoms with Gasteiger partial charge in [0.05, 0.1) is 20.1 Å². The van der Waals surface area contributed by atoms with Crippen molar-refractivity contribution in [2.24, 2.45) is 0 Å². The Morgan fingerprint density at radius 2 is 1.95 bits per heavy atom. The van der Waals surface area contributed by atoms with E-state index < -0.39 is 11.7 Å². The fourth-order valence-corrected chi connectivity index (χ4v) is 3.23. The molecule has 0 unspecified atom stereocenters. The molecule has 0 aliphatic rings. The Labute approximate surface area is 125 Å². The third kappa shape index (κ3) is 3.64. The lowest BCUT2D eigenvalue weighted by Gasteiger charge is -2.15. The fourth-order valence-electron chi connectivity index (χ4n) is 1.56. The fraction of sp³-hybridized carbons (Fsp3) is 0.167. The number of halogens is 5. The zero-order valence-corrected chi connectivity index (χ0v) is 12.6. The number of para-hydroxylation sites is 1. The van der Waals surface area contributed by atoms with E-state index >= 15 is 0 Å². The Bertz CT molecular complexity index is 583. The smallest absolute Gasteiger partial charge is 0.378 e. The highest BCUT2D eigenvalue weighted by Gasteiger charge is 2.34. The van der Waals surface area contributed by atoms with Crippen LogP contribution in [-0.2, 0) is 12.7 Å². The largest absolute Gasteiger partial charge is 0.418 e. The number of alkyl halides is 3. The molecule has 0 fully saturated rings. The molecule has 1 heterocycles. The summed E-state index contributed by atoms with van der Waals surface area (Å²) in [5, 5.41) is 2.82. The van der Waals surface area contributed by atoms with Crippen molar-refractivity contribution in [3.8, 4) is 0 Å². The standard InChI is InChI=1S/C12H8BrClF3NS/c13-10-5-4-7(19-10)6-18-11-8(12(15,16)17)2-1-3-9(11)14/h1-5,18H,6H2. The molecule has 0 spiro atoms. The average molecular weight is 371 g/mol. The van der Waals surface area contributed by atoms with Gasteiger partial charge >= 0.3 is 6.18 Å². The molecule has 0 aliphatic carbocycles. The van der Waals surface area contributed by atoms with Crippen LogP contribution in [0.4, 0.5) is 18.9 Å². The van der Waals surface area contributed by atoms with E-state index in [9.17, 15) is 13.2 Å². The summed E-state index contributed by atoms with van der Waals surface area (Å²) in [7, 11) is 0. The molecule has 1 aromatic heterocycles. The van der Waals surface area contributed by atoms with Crippen LogP contribution in [0.2, 0.25) is 5.02 Å². The van der Waals surface area contributed by atoms with Crippen molar-refractivity contribution in [1.29, 1.82) is 0 Å². The second-order valence-electron chi connectivity index (χ2n) is 3.72. The summed E-state index contributed by atoms with van der Waals surface area (Å²) in [5.74, 6) is 0. The van der Waals surface area contributed by atoms with Crippen LogP contribution in [0.5, 0.6) is 0 Å². The number of benzene rings is 1. The third-order valence-electron chi connectivity index (χ3n) is 2.39. The van der Waals surface area contributed by atoms with Gasteiger partial charge in [-0.1, -0.05) is 17.7 Å². The average Bonchev–Trinajstić information content (AvgIpc) is 2.72. The topological polar surface area (TPSA) is 12.0 Å². The molecule has 19 heavy (non-hydrogen) atoms. The van der Waals surface area contributed by atoms with Gasteiger partial charge < -0.3 is 5.32 Å². The van der Waals surface area contributed by atoms with E-state index in [4.69, 9.17) is 11.6 Å². The predicted molar refractivity (Wildman–Crippen MR) is 75.8 cm³/mol. The maximum atomic E-state index is 12.9. The van der Waals surface area contributed by atoms with Crippen LogP contribution in [0.15, 0.2) is 34.1 Å². The van der Waals surface area contributed by atoms with E-state index in [0.29, 0.717) is 6.54 Å². The van der Waals surface area contributed by atoms with Crippen molar-refractivity contribution < 1.29 is 13.2 Å². The minimum absolute atomic E-state index is 0.0606. The molecule has 0 radical (unpaired) electrons. The molecule has 0 amide bonds. The highest BCUT2D eigenvalue weighted by Crippen LogP contribution is 2.38. The van der Waals surface area contributed by atoms with E-state index in [1.807, 2.05) is 12.1 Å². The third-order valence-corrected chi connectivity index (χ3v) is 4.33. The summed E-state index contributed by atoms with van der Waals surface area (Å²) in [6.45, 7) is 0.295. The minimum Gasteiger partial charge on any atom is -0.378 e. The van der Waals surface area contributed by atoms with Gasteiger partial charge in [0, 0.05) is 11.4 Å². The van der Waals surface area contributed by atoms with E-state index in [1.54, 1.807) is 0 Å². The second kappa shape index (κ2) is 5.73. The Hall–Kier alpha value is -0.720. The molecular weight excluding hydrogens is 363 g/mol. The van der Waals surface area contributed by atoms with Crippen molar-refractivity contribution in [2.75, 3.05) is 5.32 Å². The van der Waals surface area contributed by atoms with Crippen molar-refractivity contribution in [3.05, 3.63) is 49.6 Å². The molecule has 1 nitrogen and oxygen atoms in total. The van der Waals surface area contributed by atoms with Crippen molar-refractivity contribution in [2.45, 2.75) is 12.7 Å². The molecule has 7 heteroatoms. The molecular formula is C12H8BrClF3NS. The summed E-state index contributed by atoms with van der Waals surface area (Å²) in [6.07, 6.45) is -4.43. The number of anilines is 1. The quantitative estimate of drug-likeness (QED) is 0.720. The summed E-state index contributed by atoms with van der Waals surface area (Å²) < 4.78 is 39.5. The van der Waals surface area contributed by atoms with Crippen molar-refractivity contribution in [1.82, 2.24) is 0 Å². The minimum atomic E-state index is -4.43. The van der Waals surface area contributed by atoms with Gasteiger partial charge in [0.15, 0.2) is 0 Å². The van der Waals surface area contributed by atoms with E-state index in [2.05, 4.69) is 21.2 Å². The molecule has 2 aromatic rings. The molecule has 0 saturated heterocycles. The Morgan fingerprint density at radius 1 is 1.21 bits per heavy atom. The van der Waals surface area contributed by atoms with Gasteiger partial charge in [0.25, 0.3) is 0 Å². The molecule has 2 rings (SSSR count). The molecule has 0 bridgehead atoms. The molecule has 0 aliphatic heterocycles. The summed E-state index contributed by atoms with van der Waals surface area (Å²) >= 11 is 10.6. The normalized spacial score (nSPS) is 11.6. The highest BCUT2D eigenvalue weighted by atomic mass is 79.9. The van der Waals surface area contributed by atoms with Crippen LogP contribution >= 0.6 is 38.9 Å². The van der Waals surface area contributed by atoms with Crippen LogP contribution < -0.4 is 5.32 Å². The first-order chi connectivity index (χ1) is 8.88. The van der Waals surface area contributed by atoms with E-state index in [0.717, 1.165) is 14.7 Å². The van der Waals surface area contributed by atoms with Crippen LogP contribution in [0, 0.1) is 0 Å². The molecule has 0 saturated carbocycles. The Balaban J connectivity index is 2.24. The van der Waals surface area contributed by atoms with E-state index in [1.165, 1.54) is 23.5 Å². The predicted octanol–water partition coefficient (Wildman–Crippen LogP) is 5.79. The molecule has 1 N–H and O–H groups in total. The summed E-state index contributed by atoms with van der Waals surface area (Å²) in [4.78, 5) is 0.917. The molecule has 1 aromatic carbocycles. The second-order valence-corrected chi connectivity index (χ2v) is 6.67. The monoisotopic (exact) mass is 369 g/mol. The molecule has 0 atom stereocenters. The van der Waals surface area contributed by atoms with Gasteiger partial charge in [0.2, 0.25) is 0 Å². The van der Waals surface area contributed by atoms with E-state index in [-0.39, 0.29) is 10.7 Å². The maximum absolute atomic E-state index is 12.9. The summed E-state index contributed by atoms with van der Waals surface area (Å²) in [6, 6.07) is 7.42. The summed E-state index contributed by atoms with van der Waals surface area (Å²) in [5.41, 5.74) is -0.836. The van der Waals surface area contributed by atoms with Crippen LogP contribution in [0.25, 0.3) is 0 Å². The van der Waals surface area contributed by atoms with Crippen molar-refractivity contribution in [3.63, 3.8) is 0 Å². The first-order valence-corrected chi connectivity index (χ1v) is 7.20. The van der Waals surface area contributed by atoms with Gasteiger partial charge in [0.1, 0.15) is 0 Å². The van der Waals surface area contributed by atoms with Gasteiger partial charge in [-0.25, -0.2) is 0 Å². The van der Waals surface area contributed by atoms with Gasteiger partial charge in [-0.05, 0) is 40.2 Å². The van der Waals surface area contributed by atoms with Crippen LogP contribution in [0.1, 0.15) is 10.4 Å². The van der Waals surface area contributed by atoms with Gasteiger partial charge in [-0.3, -0.25) is 0 Å². The van der Waals surface area contributed by atoms with Crippen molar-refractivity contribution >= 4 is 44.6 Å². The van der Waals surface area contributed by atoms with Crippen LogP contribution in [-0.4, -0.2) is 0 Å². The SMILES string of the molecule is FC(F)(F)c1cccc(Cl)c1NCc1ccc(Br)s1. The molecule has 102 valence electrons. The lowest BCUT2D eigenvalue weighted by molar-refractivity contribution is -0.136. The first-order valence-electron chi connectivity index (χ1n) is 5.21. The zero-order valence-electron chi connectivity index (χ0n) is 9.39. The number of rotatable bonds is 3.